The SMILES string of the molecule is COC(=O)C1ON=C2COCCC21. The van der Waals surface area contributed by atoms with Gasteiger partial charge in [0.2, 0.25) is 6.10 Å². The first-order valence-corrected chi connectivity index (χ1v) is 4.21. The number of oxime groups is 1. The normalized spacial score (nSPS) is 31.6. The van der Waals surface area contributed by atoms with E-state index in [4.69, 9.17) is 9.57 Å². The van der Waals surface area contributed by atoms with Crippen LogP contribution in [0.3, 0.4) is 0 Å². The molecule has 13 heavy (non-hydrogen) atoms. The number of ether oxygens (including phenoxy) is 2. The first kappa shape index (κ1) is 8.50. The fourth-order valence-corrected chi connectivity index (χ4v) is 1.60. The van der Waals surface area contributed by atoms with E-state index in [9.17, 15) is 4.79 Å². The minimum atomic E-state index is -0.552. The van der Waals surface area contributed by atoms with Crippen molar-refractivity contribution in [3.8, 4) is 0 Å². The highest BCUT2D eigenvalue weighted by atomic mass is 16.7. The lowest BCUT2D eigenvalue weighted by atomic mass is 9.93. The third-order valence-electron chi connectivity index (χ3n) is 2.33. The molecule has 2 unspecified atom stereocenters. The van der Waals surface area contributed by atoms with E-state index in [-0.39, 0.29) is 11.9 Å². The van der Waals surface area contributed by atoms with Gasteiger partial charge in [-0.15, -0.1) is 0 Å². The number of hydrogen-bond donors (Lipinski definition) is 0. The van der Waals surface area contributed by atoms with Gasteiger partial charge < -0.3 is 14.3 Å². The summed E-state index contributed by atoms with van der Waals surface area (Å²) in [6, 6.07) is 0. The number of carbonyl (C=O) groups excluding carboxylic acids is 1. The van der Waals surface area contributed by atoms with Crippen LogP contribution in [0.1, 0.15) is 6.42 Å². The molecule has 5 nitrogen and oxygen atoms in total. The second-order valence-corrected chi connectivity index (χ2v) is 3.08. The Hall–Kier alpha value is -1.10. The van der Waals surface area contributed by atoms with Crippen molar-refractivity contribution in [3.05, 3.63) is 0 Å². The summed E-state index contributed by atoms with van der Waals surface area (Å²) in [5, 5.41) is 3.80. The molecule has 0 radical (unpaired) electrons. The number of carbonyl (C=O) groups is 1. The summed E-state index contributed by atoms with van der Waals surface area (Å²) in [5.41, 5.74) is 0.821. The molecule has 5 heteroatoms. The van der Waals surface area contributed by atoms with Gasteiger partial charge in [-0.2, -0.15) is 0 Å². The number of rotatable bonds is 1. The van der Waals surface area contributed by atoms with Gasteiger partial charge in [0.25, 0.3) is 0 Å². The number of esters is 1. The van der Waals surface area contributed by atoms with Crippen molar-refractivity contribution >= 4 is 11.7 Å². The van der Waals surface area contributed by atoms with Crippen LogP contribution in [-0.4, -0.2) is 38.1 Å². The van der Waals surface area contributed by atoms with E-state index >= 15 is 0 Å². The van der Waals surface area contributed by atoms with Crippen molar-refractivity contribution in [2.75, 3.05) is 20.3 Å². The summed E-state index contributed by atoms with van der Waals surface area (Å²) in [5.74, 6) is -0.299. The molecule has 2 aliphatic rings. The van der Waals surface area contributed by atoms with Gasteiger partial charge in [0, 0.05) is 6.61 Å². The van der Waals surface area contributed by atoms with E-state index in [0.29, 0.717) is 13.2 Å². The molecule has 0 aromatic carbocycles. The molecule has 2 atom stereocenters. The van der Waals surface area contributed by atoms with Crippen molar-refractivity contribution in [1.29, 1.82) is 0 Å². The first-order chi connectivity index (χ1) is 6.33. The lowest BCUT2D eigenvalue weighted by Gasteiger charge is -2.20. The van der Waals surface area contributed by atoms with Crippen LogP contribution in [0.5, 0.6) is 0 Å². The maximum atomic E-state index is 11.2. The van der Waals surface area contributed by atoms with Crippen molar-refractivity contribution in [2.24, 2.45) is 11.1 Å². The molecule has 1 fully saturated rings. The molecular formula is C8H11NO4. The standard InChI is InChI=1S/C8H11NO4/c1-11-8(10)7-5-2-3-12-4-6(5)9-13-7/h5,7H,2-4H2,1H3. The van der Waals surface area contributed by atoms with Crippen LogP contribution in [0.2, 0.25) is 0 Å². The highest BCUT2D eigenvalue weighted by Crippen LogP contribution is 2.25. The molecule has 0 saturated carbocycles. The fourth-order valence-electron chi connectivity index (χ4n) is 1.60. The second-order valence-electron chi connectivity index (χ2n) is 3.08. The van der Waals surface area contributed by atoms with Gasteiger partial charge in [-0.05, 0) is 6.42 Å². The molecule has 0 aromatic rings. The molecule has 0 aromatic heterocycles. The Morgan fingerprint density at radius 1 is 1.69 bits per heavy atom. The fraction of sp³-hybridized carbons (Fsp3) is 0.750. The van der Waals surface area contributed by atoms with Gasteiger partial charge in [0.05, 0.1) is 25.3 Å². The predicted octanol–water partition coefficient (Wildman–Crippen LogP) is -0.0493. The zero-order valence-corrected chi connectivity index (χ0v) is 7.36. The molecule has 1 saturated heterocycles. The second kappa shape index (κ2) is 3.33. The summed E-state index contributed by atoms with van der Waals surface area (Å²) in [6.07, 6.45) is 0.224. The Balaban J connectivity index is 2.07. The molecule has 0 spiro atoms. The van der Waals surface area contributed by atoms with Gasteiger partial charge in [-0.25, -0.2) is 4.79 Å². The Morgan fingerprint density at radius 2 is 2.54 bits per heavy atom. The third-order valence-corrected chi connectivity index (χ3v) is 2.33. The summed E-state index contributed by atoms with van der Waals surface area (Å²) in [6.45, 7) is 1.12. The summed E-state index contributed by atoms with van der Waals surface area (Å²) >= 11 is 0. The van der Waals surface area contributed by atoms with Gasteiger partial charge in [-0.3, -0.25) is 0 Å². The minimum Gasteiger partial charge on any atom is -0.466 e. The average Bonchev–Trinajstić information content (AvgIpc) is 2.60. The van der Waals surface area contributed by atoms with E-state index in [1.165, 1.54) is 7.11 Å². The van der Waals surface area contributed by atoms with Crippen LogP contribution in [0.4, 0.5) is 0 Å². The zero-order chi connectivity index (χ0) is 9.26. The third kappa shape index (κ3) is 1.39. The van der Waals surface area contributed by atoms with E-state index < -0.39 is 6.10 Å². The Labute approximate surface area is 75.6 Å². The lowest BCUT2D eigenvalue weighted by Crippen LogP contribution is -2.37. The molecule has 2 aliphatic heterocycles. The zero-order valence-electron chi connectivity index (χ0n) is 7.36. The molecule has 0 N–H and O–H groups in total. The monoisotopic (exact) mass is 185 g/mol. The van der Waals surface area contributed by atoms with Crippen LogP contribution in [0.25, 0.3) is 0 Å². The van der Waals surface area contributed by atoms with Crippen LogP contribution in [0.15, 0.2) is 5.16 Å². The predicted molar refractivity (Wildman–Crippen MR) is 43.3 cm³/mol. The Bertz CT molecular complexity index is 251. The molecule has 0 aliphatic carbocycles. The smallest absolute Gasteiger partial charge is 0.350 e. The van der Waals surface area contributed by atoms with Crippen molar-refractivity contribution < 1.29 is 19.1 Å². The van der Waals surface area contributed by atoms with Crippen molar-refractivity contribution in [3.63, 3.8) is 0 Å². The van der Waals surface area contributed by atoms with Crippen molar-refractivity contribution in [1.82, 2.24) is 0 Å². The first-order valence-electron chi connectivity index (χ1n) is 4.21. The maximum Gasteiger partial charge on any atom is 0.350 e. The molecule has 2 rings (SSSR count). The van der Waals surface area contributed by atoms with Crippen LogP contribution in [0, 0.1) is 5.92 Å². The largest absolute Gasteiger partial charge is 0.466 e. The molecule has 72 valence electrons. The van der Waals surface area contributed by atoms with E-state index in [1.54, 1.807) is 0 Å². The Kier molecular flexibility index (Phi) is 2.18. The van der Waals surface area contributed by atoms with Gasteiger partial charge in [-0.1, -0.05) is 5.16 Å². The van der Waals surface area contributed by atoms with Gasteiger partial charge in [0.1, 0.15) is 0 Å². The highest BCUT2D eigenvalue weighted by molar-refractivity contribution is 5.94. The van der Waals surface area contributed by atoms with E-state index in [0.717, 1.165) is 12.1 Å². The molecule has 2 heterocycles. The molecule has 0 bridgehead atoms. The summed E-state index contributed by atoms with van der Waals surface area (Å²) in [7, 11) is 1.35. The average molecular weight is 185 g/mol. The quantitative estimate of drug-likeness (QED) is 0.537. The Morgan fingerprint density at radius 3 is 3.31 bits per heavy atom. The molecular weight excluding hydrogens is 174 g/mol. The van der Waals surface area contributed by atoms with Crippen molar-refractivity contribution in [2.45, 2.75) is 12.5 Å². The number of methoxy groups -OCH3 is 1. The summed E-state index contributed by atoms with van der Waals surface area (Å²) < 4.78 is 9.79. The minimum absolute atomic E-state index is 0.0567. The summed E-state index contributed by atoms with van der Waals surface area (Å²) in [4.78, 5) is 16.2. The maximum absolute atomic E-state index is 11.2. The van der Waals surface area contributed by atoms with Crippen LogP contribution >= 0.6 is 0 Å². The number of hydrogen-bond acceptors (Lipinski definition) is 5. The van der Waals surface area contributed by atoms with Gasteiger partial charge in [0.15, 0.2) is 0 Å². The topological polar surface area (TPSA) is 57.1 Å². The van der Waals surface area contributed by atoms with Crippen LogP contribution < -0.4 is 0 Å². The lowest BCUT2D eigenvalue weighted by molar-refractivity contribution is -0.154. The van der Waals surface area contributed by atoms with Crippen LogP contribution in [-0.2, 0) is 19.1 Å². The highest BCUT2D eigenvalue weighted by Gasteiger charge is 2.41. The molecule has 0 amide bonds. The van der Waals surface area contributed by atoms with Gasteiger partial charge >= 0.3 is 5.97 Å². The van der Waals surface area contributed by atoms with E-state index in [2.05, 4.69) is 9.89 Å². The number of nitrogens with zero attached hydrogens (tertiary/aromatic N) is 1. The van der Waals surface area contributed by atoms with E-state index in [1.807, 2.05) is 0 Å². The number of fused-ring (bicyclic) bond motifs is 1.